The van der Waals surface area contributed by atoms with Crippen LogP contribution in [0.3, 0.4) is 0 Å². The van der Waals surface area contributed by atoms with E-state index in [1.165, 1.54) is 0 Å². The summed E-state index contributed by atoms with van der Waals surface area (Å²) in [6, 6.07) is 0. The van der Waals surface area contributed by atoms with Gasteiger partial charge in [0.15, 0.2) is 0 Å². The first-order chi connectivity index (χ1) is 6.44. The highest BCUT2D eigenvalue weighted by Crippen LogP contribution is 2.33. The predicted octanol–water partition coefficient (Wildman–Crippen LogP) is 2.31. The topological polar surface area (TPSA) is 27.7 Å². The smallest absolute Gasteiger partial charge is 0.343 e. The summed E-state index contributed by atoms with van der Waals surface area (Å²) < 4.78 is 17.2. The zero-order chi connectivity index (χ0) is 10.8. The van der Waals surface area contributed by atoms with Crippen LogP contribution in [0.25, 0.3) is 0 Å². The molecule has 0 saturated carbocycles. The fourth-order valence-corrected chi connectivity index (χ4v) is 4.85. The normalized spacial score (nSPS) is 19.1. The minimum atomic E-state index is -2.02. The standard InChI is InChI=1S/C10H22O3Si/c1-8(2)12-14(5,13-9(3)4)10-6-11-7-10/h8-10H,6-7H2,1-5H3. The van der Waals surface area contributed by atoms with Gasteiger partial charge in [0, 0.05) is 17.7 Å². The van der Waals surface area contributed by atoms with Crippen LogP contribution < -0.4 is 0 Å². The third-order valence-corrected chi connectivity index (χ3v) is 6.01. The quantitative estimate of drug-likeness (QED) is 0.663. The van der Waals surface area contributed by atoms with Gasteiger partial charge in [-0.05, 0) is 34.2 Å². The van der Waals surface area contributed by atoms with E-state index < -0.39 is 8.56 Å². The maximum Gasteiger partial charge on any atom is 0.343 e. The minimum Gasteiger partial charge on any atom is -0.392 e. The highest BCUT2D eigenvalue weighted by Gasteiger charge is 2.46. The summed E-state index contributed by atoms with van der Waals surface area (Å²) in [5, 5.41) is 0. The van der Waals surface area contributed by atoms with E-state index in [1.54, 1.807) is 0 Å². The maximum atomic E-state index is 5.99. The number of hydrogen-bond donors (Lipinski definition) is 0. The molecular weight excluding hydrogens is 196 g/mol. The second-order valence-corrected chi connectivity index (χ2v) is 7.90. The van der Waals surface area contributed by atoms with E-state index in [0.29, 0.717) is 5.54 Å². The molecule has 0 bridgehead atoms. The zero-order valence-electron chi connectivity index (χ0n) is 9.87. The van der Waals surface area contributed by atoms with Crippen molar-refractivity contribution in [3.8, 4) is 0 Å². The van der Waals surface area contributed by atoms with Gasteiger partial charge in [0.25, 0.3) is 0 Å². The Morgan fingerprint density at radius 3 is 1.71 bits per heavy atom. The van der Waals surface area contributed by atoms with Crippen molar-refractivity contribution in [1.82, 2.24) is 0 Å². The molecule has 0 radical (unpaired) electrons. The van der Waals surface area contributed by atoms with E-state index >= 15 is 0 Å². The summed E-state index contributed by atoms with van der Waals surface area (Å²) in [4.78, 5) is 0. The molecule has 0 amide bonds. The van der Waals surface area contributed by atoms with Crippen LogP contribution in [0.5, 0.6) is 0 Å². The molecule has 1 aliphatic rings. The lowest BCUT2D eigenvalue weighted by Gasteiger charge is -2.41. The van der Waals surface area contributed by atoms with E-state index in [9.17, 15) is 0 Å². The lowest BCUT2D eigenvalue weighted by Crippen LogP contribution is -2.53. The summed E-state index contributed by atoms with van der Waals surface area (Å²) in [7, 11) is -2.02. The average molecular weight is 218 g/mol. The Morgan fingerprint density at radius 1 is 1.07 bits per heavy atom. The average Bonchev–Trinajstić information content (AvgIpc) is 1.74. The fraction of sp³-hybridized carbons (Fsp3) is 1.00. The molecular formula is C10H22O3Si. The molecule has 84 valence electrons. The number of hydrogen-bond acceptors (Lipinski definition) is 3. The van der Waals surface area contributed by atoms with Crippen LogP contribution in [0.2, 0.25) is 12.1 Å². The van der Waals surface area contributed by atoms with Gasteiger partial charge >= 0.3 is 8.56 Å². The van der Waals surface area contributed by atoms with E-state index in [1.807, 2.05) is 0 Å². The molecule has 4 heteroatoms. The van der Waals surface area contributed by atoms with Gasteiger partial charge in [-0.3, -0.25) is 0 Å². The maximum absolute atomic E-state index is 5.99. The van der Waals surface area contributed by atoms with Gasteiger partial charge in [0.2, 0.25) is 0 Å². The zero-order valence-corrected chi connectivity index (χ0v) is 10.9. The monoisotopic (exact) mass is 218 g/mol. The first kappa shape index (κ1) is 12.2. The van der Waals surface area contributed by atoms with Crippen LogP contribution in [-0.4, -0.2) is 34.0 Å². The van der Waals surface area contributed by atoms with Gasteiger partial charge in [-0.2, -0.15) is 0 Å². The van der Waals surface area contributed by atoms with Crippen LogP contribution in [0.4, 0.5) is 0 Å². The van der Waals surface area contributed by atoms with Gasteiger partial charge in [0.1, 0.15) is 0 Å². The Hall–Kier alpha value is 0.0969. The summed E-state index contributed by atoms with van der Waals surface area (Å²) >= 11 is 0. The van der Waals surface area contributed by atoms with E-state index in [2.05, 4.69) is 34.2 Å². The molecule has 0 unspecified atom stereocenters. The number of rotatable bonds is 5. The van der Waals surface area contributed by atoms with Crippen molar-refractivity contribution in [2.75, 3.05) is 13.2 Å². The van der Waals surface area contributed by atoms with Crippen molar-refractivity contribution in [2.24, 2.45) is 0 Å². The van der Waals surface area contributed by atoms with E-state index in [0.717, 1.165) is 13.2 Å². The summed E-state index contributed by atoms with van der Waals surface area (Å²) in [5.74, 6) is 0. The largest absolute Gasteiger partial charge is 0.392 e. The molecule has 1 fully saturated rings. The molecule has 1 aliphatic heterocycles. The minimum absolute atomic E-state index is 0.242. The Labute approximate surface area is 88.0 Å². The lowest BCUT2D eigenvalue weighted by atomic mass is 10.4. The highest BCUT2D eigenvalue weighted by molar-refractivity contribution is 6.68. The molecule has 0 spiro atoms. The second kappa shape index (κ2) is 4.75. The Morgan fingerprint density at radius 2 is 1.50 bits per heavy atom. The van der Waals surface area contributed by atoms with Crippen molar-refractivity contribution in [3.05, 3.63) is 0 Å². The Balaban J connectivity index is 2.57. The first-order valence-corrected chi connectivity index (χ1v) is 7.77. The van der Waals surface area contributed by atoms with Gasteiger partial charge in [-0.15, -0.1) is 0 Å². The molecule has 1 rings (SSSR count). The molecule has 1 heterocycles. The highest BCUT2D eigenvalue weighted by atomic mass is 28.4. The van der Waals surface area contributed by atoms with Crippen LogP contribution in [0, 0.1) is 0 Å². The van der Waals surface area contributed by atoms with Crippen molar-refractivity contribution >= 4 is 8.56 Å². The molecule has 0 aromatic rings. The fourth-order valence-electron chi connectivity index (χ4n) is 1.69. The first-order valence-electron chi connectivity index (χ1n) is 5.37. The summed E-state index contributed by atoms with van der Waals surface area (Å²) in [5.41, 5.74) is 0.507. The number of ether oxygens (including phenoxy) is 1. The third-order valence-electron chi connectivity index (χ3n) is 2.32. The predicted molar refractivity (Wildman–Crippen MR) is 58.6 cm³/mol. The van der Waals surface area contributed by atoms with Crippen molar-refractivity contribution in [2.45, 2.75) is 52.0 Å². The van der Waals surface area contributed by atoms with Gasteiger partial charge < -0.3 is 13.6 Å². The Kier molecular flexibility index (Phi) is 4.12. The van der Waals surface area contributed by atoms with Gasteiger partial charge in [0.05, 0.1) is 13.2 Å². The van der Waals surface area contributed by atoms with Gasteiger partial charge in [-0.25, -0.2) is 0 Å². The molecule has 0 atom stereocenters. The summed E-state index contributed by atoms with van der Waals surface area (Å²) in [6.07, 6.45) is 0.483. The third kappa shape index (κ3) is 3.05. The van der Waals surface area contributed by atoms with Crippen molar-refractivity contribution < 1.29 is 13.6 Å². The van der Waals surface area contributed by atoms with E-state index in [4.69, 9.17) is 13.6 Å². The molecule has 0 N–H and O–H groups in total. The van der Waals surface area contributed by atoms with Crippen molar-refractivity contribution in [1.29, 1.82) is 0 Å². The SMILES string of the molecule is CC(C)O[Si](C)(OC(C)C)C1COC1. The molecule has 0 aliphatic carbocycles. The molecule has 0 aromatic carbocycles. The Bertz CT molecular complexity index is 168. The van der Waals surface area contributed by atoms with Gasteiger partial charge in [-0.1, -0.05) is 0 Å². The van der Waals surface area contributed by atoms with Crippen LogP contribution in [-0.2, 0) is 13.6 Å². The van der Waals surface area contributed by atoms with Crippen LogP contribution in [0.15, 0.2) is 0 Å². The molecule has 0 aromatic heterocycles. The van der Waals surface area contributed by atoms with E-state index in [-0.39, 0.29) is 12.2 Å². The van der Waals surface area contributed by atoms with Crippen LogP contribution >= 0.6 is 0 Å². The van der Waals surface area contributed by atoms with Crippen molar-refractivity contribution in [3.63, 3.8) is 0 Å². The molecule has 14 heavy (non-hydrogen) atoms. The summed E-state index contributed by atoms with van der Waals surface area (Å²) in [6.45, 7) is 12.0. The molecule has 1 saturated heterocycles. The lowest BCUT2D eigenvalue weighted by molar-refractivity contribution is -0.00300. The second-order valence-electron chi connectivity index (χ2n) is 4.58. The van der Waals surface area contributed by atoms with Crippen LogP contribution in [0.1, 0.15) is 27.7 Å². The molecule has 3 nitrogen and oxygen atoms in total.